The second-order valence-electron chi connectivity index (χ2n) is 11.6. The Labute approximate surface area is 256 Å². The second-order valence-corrected chi connectivity index (χ2v) is 11.6. The fourth-order valence-electron chi connectivity index (χ4n) is 6.89. The van der Waals surface area contributed by atoms with Crippen LogP contribution >= 0.6 is 0 Å². The number of aromatic hydroxyl groups is 4. The summed E-state index contributed by atoms with van der Waals surface area (Å²) in [5, 5.41) is 60.9. The molecule has 0 fully saturated rings. The van der Waals surface area contributed by atoms with Gasteiger partial charge in [-0.05, 0) is 26.0 Å². The van der Waals surface area contributed by atoms with Gasteiger partial charge in [-0.2, -0.15) is 0 Å². The predicted molar refractivity (Wildman–Crippen MR) is 157 cm³/mol. The lowest BCUT2D eigenvalue weighted by atomic mass is 9.86. The minimum atomic E-state index is -1.22. The number of carboxylic acid groups (broad SMARTS) is 2. The molecule has 4 unspecified atom stereocenters. The summed E-state index contributed by atoms with van der Waals surface area (Å²) in [6, 6.07) is 1.57. The van der Waals surface area contributed by atoms with Crippen molar-refractivity contribution in [3.8, 4) is 34.1 Å². The van der Waals surface area contributed by atoms with Crippen molar-refractivity contribution in [3.63, 3.8) is 0 Å². The maximum Gasteiger partial charge on any atom is 0.305 e. The van der Waals surface area contributed by atoms with E-state index in [-0.39, 0.29) is 35.1 Å². The van der Waals surface area contributed by atoms with E-state index >= 15 is 0 Å². The van der Waals surface area contributed by atoms with Crippen molar-refractivity contribution in [3.05, 3.63) is 85.7 Å². The molecular weight excluding hydrogens is 608 g/mol. The molecule has 2 aromatic carbocycles. The van der Waals surface area contributed by atoms with Crippen molar-refractivity contribution in [1.29, 1.82) is 0 Å². The summed E-state index contributed by atoms with van der Waals surface area (Å²) >= 11 is 0. The van der Waals surface area contributed by atoms with E-state index in [0.717, 1.165) is 6.07 Å². The summed E-state index contributed by atoms with van der Waals surface area (Å²) in [7, 11) is 0. The molecule has 4 atom stereocenters. The maximum absolute atomic E-state index is 13.9. The number of carboxylic acids is 2. The van der Waals surface area contributed by atoms with Gasteiger partial charge in [-0.1, -0.05) is 0 Å². The molecule has 0 spiro atoms. The molecule has 4 aliphatic rings. The smallest absolute Gasteiger partial charge is 0.305 e. The molecule has 2 aliphatic heterocycles. The van der Waals surface area contributed by atoms with Crippen LogP contribution in [0.1, 0.15) is 61.2 Å². The van der Waals surface area contributed by atoms with Gasteiger partial charge in [0.15, 0.2) is 21.7 Å². The van der Waals surface area contributed by atoms with Gasteiger partial charge in [0.1, 0.15) is 23.0 Å². The van der Waals surface area contributed by atoms with Gasteiger partial charge in [-0.25, -0.2) is 0 Å². The Bertz CT molecular complexity index is 2300. The molecule has 2 heterocycles. The lowest BCUT2D eigenvalue weighted by Crippen LogP contribution is -2.40. The van der Waals surface area contributed by atoms with Crippen molar-refractivity contribution in [2.45, 2.75) is 63.9 Å². The van der Waals surface area contributed by atoms with Crippen molar-refractivity contribution >= 4 is 22.7 Å². The molecule has 6 rings (SSSR count). The molecular formula is C32H26O14. The van der Waals surface area contributed by atoms with Crippen LogP contribution in [0.15, 0.2) is 31.3 Å². The van der Waals surface area contributed by atoms with Crippen LogP contribution < -0.4 is 21.7 Å². The first-order valence-corrected chi connectivity index (χ1v) is 14.2. The molecule has 14 heteroatoms. The number of hydrogen-bond donors (Lipinski definition) is 6. The first-order chi connectivity index (χ1) is 21.6. The van der Waals surface area contributed by atoms with Gasteiger partial charge in [0.25, 0.3) is 0 Å². The molecule has 2 aliphatic carbocycles. The molecule has 46 heavy (non-hydrogen) atoms. The van der Waals surface area contributed by atoms with Crippen LogP contribution in [0, 0.1) is 10.4 Å². The van der Waals surface area contributed by atoms with E-state index < -0.39 is 126 Å². The lowest BCUT2D eigenvalue weighted by molar-refractivity contribution is -0.143. The average Bonchev–Trinajstić information content (AvgIpc) is 2.95. The summed E-state index contributed by atoms with van der Waals surface area (Å²) < 4.78 is 11.3. The van der Waals surface area contributed by atoms with E-state index in [1.165, 1.54) is 13.8 Å². The highest BCUT2D eigenvalue weighted by atomic mass is 16.5. The van der Waals surface area contributed by atoms with Crippen LogP contribution in [-0.2, 0) is 31.9 Å². The standard InChI is InChI=1S/C32H26O14/c1-9-21-15(3-11(45-9)5-19(35)36)29(41)25-23(31(21)43)17(33)7-13(27(25)39)14-8-18(34)24-26(28(14)40)30(42)16-4-12(6-20(37)38)46-10(2)22(16)32(24)44/h7-12,33,39,41,43H,3-6H2,1-2H3,(H,35,36)(H,37,38). The first-order valence-electron chi connectivity index (χ1n) is 14.2. The summed E-state index contributed by atoms with van der Waals surface area (Å²) in [5.41, 5.74) is -5.43. The Balaban J connectivity index is 1.63. The average molecular weight is 635 g/mol. The Morgan fingerprint density at radius 1 is 0.674 bits per heavy atom. The Morgan fingerprint density at radius 2 is 1.24 bits per heavy atom. The van der Waals surface area contributed by atoms with E-state index in [2.05, 4.69) is 0 Å². The monoisotopic (exact) mass is 634 g/mol. The number of carbonyl (C=O) groups is 2. The number of phenolic OH excluding ortho intramolecular Hbond substituents is 4. The number of rotatable bonds is 5. The molecule has 14 nitrogen and oxygen atoms in total. The van der Waals surface area contributed by atoms with Crippen LogP contribution in [-0.4, -0.2) is 54.8 Å². The van der Waals surface area contributed by atoms with Crippen LogP contribution in [0.25, 0.3) is 21.9 Å². The molecule has 2 aromatic rings. The van der Waals surface area contributed by atoms with Crippen LogP contribution in [0.3, 0.4) is 0 Å². The number of aliphatic carboxylic acids is 2. The summed E-state index contributed by atoms with van der Waals surface area (Å²) in [5.74, 6) is -5.20. The van der Waals surface area contributed by atoms with Crippen LogP contribution in [0.4, 0.5) is 0 Å². The lowest BCUT2D eigenvalue weighted by Gasteiger charge is -2.31. The number of fused-ring (bicyclic) bond motifs is 3. The Hall–Kier alpha value is -5.34. The quantitative estimate of drug-likeness (QED) is 0.170. The predicted octanol–water partition coefficient (Wildman–Crippen LogP) is 1.32. The van der Waals surface area contributed by atoms with Crippen molar-refractivity contribution < 1.29 is 49.7 Å². The highest BCUT2D eigenvalue weighted by Crippen LogP contribution is 2.53. The number of phenols is 4. The molecule has 0 saturated heterocycles. The molecule has 0 amide bonds. The molecule has 0 bridgehead atoms. The fraction of sp³-hybridized carbons (Fsp3) is 0.312. The van der Waals surface area contributed by atoms with Gasteiger partial charge in [0.05, 0.1) is 58.5 Å². The minimum absolute atomic E-state index is 0.0314. The third kappa shape index (κ3) is 4.48. The zero-order chi connectivity index (χ0) is 33.5. The van der Waals surface area contributed by atoms with Gasteiger partial charge >= 0.3 is 11.9 Å². The van der Waals surface area contributed by atoms with Gasteiger partial charge in [-0.3, -0.25) is 28.8 Å². The Kier molecular flexibility index (Phi) is 7.09. The van der Waals surface area contributed by atoms with E-state index in [4.69, 9.17) is 9.47 Å². The number of hydrogen-bond acceptors (Lipinski definition) is 12. The molecule has 6 N–H and O–H groups in total. The zero-order valence-corrected chi connectivity index (χ0v) is 24.2. The third-order valence-corrected chi connectivity index (χ3v) is 8.72. The third-order valence-electron chi connectivity index (χ3n) is 8.72. The topological polar surface area (TPSA) is 242 Å². The van der Waals surface area contributed by atoms with E-state index in [1.54, 1.807) is 0 Å². The second kappa shape index (κ2) is 10.6. The highest BCUT2D eigenvalue weighted by molar-refractivity contribution is 6.07. The minimum Gasteiger partial charge on any atom is -0.507 e. The molecule has 0 saturated carbocycles. The first kappa shape index (κ1) is 30.7. The summed E-state index contributed by atoms with van der Waals surface area (Å²) in [6.45, 7) is 2.92. The van der Waals surface area contributed by atoms with Crippen molar-refractivity contribution in [2.75, 3.05) is 0 Å². The van der Waals surface area contributed by atoms with Gasteiger partial charge in [0.2, 0.25) is 0 Å². The van der Waals surface area contributed by atoms with Crippen molar-refractivity contribution in [1.82, 2.24) is 0 Å². The van der Waals surface area contributed by atoms with E-state index in [9.17, 15) is 59.4 Å². The number of benzene rings is 2. The largest absolute Gasteiger partial charge is 0.507 e. The SMILES string of the molecule is CC1OC(CC(=O)O)Cc2c1c(O)c1c(O)cc(-c3cc(=O)c4c(=O)c5c(c(=O)c=4c3=O)CC(CC(=O)O)OC5C)c(O)c1c2O. The van der Waals surface area contributed by atoms with E-state index in [0.29, 0.717) is 6.07 Å². The van der Waals surface area contributed by atoms with Crippen LogP contribution in [0.5, 0.6) is 23.0 Å². The molecule has 0 aromatic heterocycles. The fourth-order valence-corrected chi connectivity index (χ4v) is 6.89. The molecule has 238 valence electrons. The Morgan fingerprint density at radius 3 is 1.83 bits per heavy atom. The van der Waals surface area contributed by atoms with Gasteiger partial charge in [0, 0.05) is 46.2 Å². The molecule has 0 radical (unpaired) electrons. The summed E-state index contributed by atoms with van der Waals surface area (Å²) in [6.07, 6.45) is -5.29. The highest BCUT2D eigenvalue weighted by Gasteiger charge is 2.36. The number of ether oxygens (including phenoxy) is 2. The maximum atomic E-state index is 13.9. The summed E-state index contributed by atoms with van der Waals surface area (Å²) in [4.78, 5) is 77.0. The van der Waals surface area contributed by atoms with Gasteiger partial charge < -0.3 is 40.1 Å². The zero-order valence-electron chi connectivity index (χ0n) is 24.2. The van der Waals surface area contributed by atoms with Crippen LogP contribution in [0.2, 0.25) is 0 Å². The van der Waals surface area contributed by atoms with Gasteiger partial charge in [-0.15, -0.1) is 0 Å². The van der Waals surface area contributed by atoms with E-state index in [1.807, 2.05) is 0 Å². The normalized spacial score (nSPS) is 20.8. The van der Waals surface area contributed by atoms with Crippen molar-refractivity contribution in [2.24, 2.45) is 0 Å².